The molecule has 88 valence electrons. The van der Waals surface area contributed by atoms with Crippen LogP contribution in [0.25, 0.3) is 0 Å². The van der Waals surface area contributed by atoms with Gasteiger partial charge < -0.3 is 16.0 Å². The predicted molar refractivity (Wildman–Crippen MR) is 58.6 cm³/mol. The zero-order valence-electron chi connectivity index (χ0n) is 9.28. The number of carbonyl (C=O) groups excluding carboxylic acids is 2. The van der Waals surface area contributed by atoms with Crippen LogP contribution in [0.1, 0.15) is 16.8 Å². The Morgan fingerprint density at radius 3 is 2.75 bits per heavy atom. The van der Waals surface area contributed by atoms with Crippen molar-refractivity contribution >= 4 is 17.6 Å². The van der Waals surface area contributed by atoms with Gasteiger partial charge in [-0.15, -0.1) is 0 Å². The number of hydrogen-bond donors (Lipinski definition) is 3. The molecule has 4 N–H and O–H groups in total. The van der Waals surface area contributed by atoms with Crippen LogP contribution in [0.5, 0.6) is 0 Å². The minimum Gasteiger partial charge on any atom is -0.383 e. The number of rotatable bonds is 4. The van der Waals surface area contributed by atoms with Crippen LogP contribution in [-0.2, 0) is 4.79 Å². The smallest absolute Gasteiger partial charge is 0.256 e. The molecule has 0 unspecified atom stereocenters. The molecule has 7 heteroatoms. The Bertz CT molecular complexity index is 385. The molecule has 0 spiro atoms. The topological polar surface area (TPSA) is 104 Å². The predicted octanol–water partition coefficient (Wildman–Crippen LogP) is -0.800. The number of nitrogens with one attached hydrogen (secondary N) is 2. The lowest BCUT2D eigenvalue weighted by Gasteiger charge is -2.10. The highest BCUT2D eigenvalue weighted by Crippen LogP contribution is 2.04. The number of nitrogens with zero attached hydrogens (tertiary/aromatic N) is 2. The van der Waals surface area contributed by atoms with Gasteiger partial charge in [0.05, 0.1) is 6.20 Å². The minimum absolute atomic E-state index is 0.0412. The summed E-state index contributed by atoms with van der Waals surface area (Å²) < 4.78 is 0. The summed E-state index contributed by atoms with van der Waals surface area (Å²) >= 11 is 0. The molecule has 0 saturated heterocycles. The molecule has 2 amide bonds. The largest absolute Gasteiger partial charge is 0.383 e. The van der Waals surface area contributed by atoms with Crippen LogP contribution in [-0.4, -0.2) is 47.6 Å². The van der Waals surface area contributed by atoms with Crippen molar-refractivity contribution in [3.05, 3.63) is 11.8 Å². The number of amides is 2. The van der Waals surface area contributed by atoms with Crippen LogP contribution >= 0.6 is 0 Å². The monoisotopic (exact) mass is 225 g/mol. The number of carbonyl (C=O) groups is 2. The van der Waals surface area contributed by atoms with E-state index in [0.717, 1.165) is 0 Å². The first-order valence-electron chi connectivity index (χ1n) is 4.79. The highest BCUT2D eigenvalue weighted by molar-refractivity contribution is 5.98. The molecular weight excluding hydrogens is 210 g/mol. The van der Waals surface area contributed by atoms with E-state index in [-0.39, 0.29) is 36.2 Å². The number of aromatic nitrogens is 2. The van der Waals surface area contributed by atoms with Crippen molar-refractivity contribution in [3.8, 4) is 0 Å². The number of hydrogen-bond acceptors (Lipinski definition) is 4. The van der Waals surface area contributed by atoms with Gasteiger partial charge in [0.25, 0.3) is 5.91 Å². The average molecular weight is 225 g/mol. The minimum atomic E-state index is -0.335. The summed E-state index contributed by atoms with van der Waals surface area (Å²) in [6, 6.07) is 0. The summed E-state index contributed by atoms with van der Waals surface area (Å²) in [6.07, 6.45) is 1.61. The molecule has 0 atom stereocenters. The third kappa shape index (κ3) is 2.97. The Morgan fingerprint density at radius 1 is 1.56 bits per heavy atom. The van der Waals surface area contributed by atoms with E-state index in [1.807, 2.05) is 0 Å². The van der Waals surface area contributed by atoms with E-state index in [1.165, 1.54) is 11.1 Å². The lowest BCUT2D eigenvalue weighted by molar-refractivity contribution is -0.128. The summed E-state index contributed by atoms with van der Waals surface area (Å²) in [5.74, 6) is -0.158. The molecule has 0 radical (unpaired) electrons. The SMILES string of the molecule is CN(C)C(=O)CCNC(=O)c1cn[nH]c1N. The molecular formula is C9H15N5O2. The molecule has 0 aliphatic heterocycles. The van der Waals surface area contributed by atoms with E-state index in [9.17, 15) is 9.59 Å². The molecule has 16 heavy (non-hydrogen) atoms. The van der Waals surface area contributed by atoms with Gasteiger partial charge in [0.2, 0.25) is 5.91 Å². The van der Waals surface area contributed by atoms with E-state index in [2.05, 4.69) is 15.5 Å². The quantitative estimate of drug-likeness (QED) is 0.624. The highest BCUT2D eigenvalue weighted by Gasteiger charge is 2.11. The normalized spacial score (nSPS) is 9.88. The van der Waals surface area contributed by atoms with Crippen LogP contribution < -0.4 is 11.1 Å². The fraction of sp³-hybridized carbons (Fsp3) is 0.444. The van der Waals surface area contributed by atoms with Gasteiger partial charge in [0.15, 0.2) is 0 Å². The van der Waals surface area contributed by atoms with Crippen molar-refractivity contribution in [2.45, 2.75) is 6.42 Å². The standard InChI is InChI=1S/C9H15N5O2/c1-14(2)7(15)3-4-11-9(16)6-5-12-13-8(6)10/h5H,3-4H2,1-2H3,(H,11,16)(H3,10,12,13). The zero-order valence-corrected chi connectivity index (χ0v) is 9.28. The summed E-state index contributed by atoms with van der Waals surface area (Å²) in [7, 11) is 3.33. The first kappa shape index (κ1) is 12.0. The van der Waals surface area contributed by atoms with Crippen LogP contribution in [0.2, 0.25) is 0 Å². The highest BCUT2D eigenvalue weighted by atomic mass is 16.2. The third-order valence-corrected chi connectivity index (χ3v) is 2.04. The Morgan fingerprint density at radius 2 is 2.25 bits per heavy atom. The number of aromatic amines is 1. The van der Waals surface area contributed by atoms with Gasteiger partial charge in [0, 0.05) is 27.1 Å². The molecule has 1 aromatic rings. The average Bonchev–Trinajstić information content (AvgIpc) is 2.64. The Balaban J connectivity index is 2.37. The lowest BCUT2D eigenvalue weighted by Crippen LogP contribution is -2.30. The van der Waals surface area contributed by atoms with Gasteiger partial charge in [-0.1, -0.05) is 0 Å². The second-order valence-electron chi connectivity index (χ2n) is 3.49. The van der Waals surface area contributed by atoms with Crippen molar-refractivity contribution in [2.75, 3.05) is 26.4 Å². The molecule has 0 fully saturated rings. The number of anilines is 1. The first-order chi connectivity index (χ1) is 7.52. The van der Waals surface area contributed by atoms with Crippen molar-refractivity contribution in [3.63, 3.8) is 0 Å². The van der Waals surface area contributed by atoms with E-state index in [1.54, 1.807) is 14.1 Å². The molecule has 1 rings (SSSR count). The van der Waals surface area contributed by atoms with Gasteiger partial charge in [-0.25, -0.2) is 0 Å². The molecule has 0 aliphatic carbocycles. The molecule has 0 aliphatic rings. The van der Waals surface area contributed by atoms with Crippen molar-refractivity contribution in [1.29, 1.82) is 0 Å². The molecule has 7 nitrogen and oxygen atoms in total. The maximum absolute atomic E-state index is 11.5. The molecule has 1 aromatic heterocycles. The van der Waals surface area contributed by atoms with Crippen molar-refractivity contribution < 1.29 is 9.59 Å². The van der Waals surface area contributed by atoms with Crippen LogP contribution in [0.4, 0.5) is 5.82 Å². The van der Waals surface area contributed by atoms with E-state index < -0.39 is 0 Å². The van der Waals surface area contributed by atoms with Crippen molar-refractivity contribution in [2.24, 2.45) is 0 Å². The molecule has 1 heterocycles. The van der Waals surface area contributed by atoms with E-state index >= 15 is 0 Å². The van der Waals surface area contributed by atoms with Crippen molar-refractivity contribution in [1.82, 2.24) is 20.4 Å². The summed E-state index contributed by atoms with van der Waals surface area (Å²) in [5, 5.41) is 8.67. The third-order valence-electron chi connectivity index (χ3n) is 2.04. The van der Waals surface area contributed by atoms with Crippen LogP contribution in [0, 0.1) is 0 Å². The van der Waals surface area contributed by atoms with E-state index in [4.69, 9.17) is 5.73 Å². The van der Waals surface area contributed by atoms with E-state index in [0.29, 0.717) is 0 Å². The number of nitrogen functional groups attached to an aromatic ring is 1. The fourth-order valence-electron chi connectivity index (χ4n) is 1.08. The molecule has 0 aromatic carbocycles. The summed E-state index contributed by atoms with van der Waals surface area (Å²) in [6.45, 7) is 0.278. The maximum Gasteiger partial charge on any atom is 0.256 e. The Kier molecular flexibility index (Phi) is 3.87. The maximum atomic E-state index is 11.5. The fourth-order valence-corrected chi connectivity index (χ4v) is 1.08. The van der Waals surface area contributed by atoms with Crippen LogP contribution in [0.15, 0.2) is 6.20 Å². The van der Waals surface area contributed by atoms with Gasteiger partial charge in [-0.05, 0) is 0 Å². The van der Waals surface area contributed by atoms with Crippen LogP contribution in [0.3, 0.4) is 0 Å². The van der Waals surface area contributed by atoms with Gasteiger partial charge in [-0.3, -0.25) is 14.7 Å². The summed E-state index contributed by atoms with van der Waals surface area (Å²) in [5.41, 5.74) is 5.76. The zero-order chi connectivity index (χ0) is 12.1. The Hall–Kier alpha value is -2.05. The van der Waals surface area contributed by atoms with Gasteiger partial charge in [0.1, 0.15) is 11.4 Å². The summed E-state index contributed by atoms with van der Waals surface area (Å²) in [4.78, 5) is 24.2. The number of nitrogens with two attached hydrogens (primary N) is 1. The first-order valence-corrected chi connectivity index (χ1v) is 4.79. The Labute approximate surface area is 93.0 Å². The second-order valence-corrected chi connectivity index (χ2v) is 3.49. The lowest BCUT2D eigenvalue weighted by atomic mass is 10.3. The van der Waals surface area contributed by atoms with Gasteiger partial charge >= 0.3 is 0 Å². The second kappa shape index (κ2) is 5.15. The molecule has 0 saturated carbocycles. The number of H-pyrrole nitrogens is 1. The van der Waals surface area contributed by atoms with Gasteiger partial charge in [-0.2, -0.15) is 5.10 Å². The molecule has 0 bridgehead atoms.